The highest BCUT2D eigenvalue weighted by Crippen LogP contribution is 2.25. The first kappa shape index (κ1) is 13.9. The molecule has 2 heterocycles. The van der Waals surface area contributed by atoms with Gasteiger partial charge in [0.25, 0.3) is 0 Å². The van der Waals surface area contributed by atoms with Crippen LogP contribution in [0.1, 0.15) is 18.3 Å². The maximum atomic E-state index is 4.55. The molecule has 1 aromatic carbocycles. The van der Waals surface area contributed by atoms with E-state index < -0.39 is 0 Å². The van der Waals surface area contributed by atoms with E-state index in [0.29, 0.717) is 0 Å². The van der Waals surface area contributed by atoms with Crippen molar-refractivity contribution in [2.45, 2.75) is 26.9 Å². The number of hydrogen-bond donors (Lipinski definition) is 0. The quantitative estimate of drug-likeness (QED) is 0.626. The minimum absolute atomic E-state index is 0.820. The Morgan fingerprint density at radius 2 is 2.00 bits per heavy atom. The molecule has 0 saturated heterocycles. The normalized spacial score (nSPS) is 11.4. The molecular formula is C15H15Br2N3. The van der Waals surface area contributed by atoms with Gasteiger partial charge >= 0.3 is 0 Å². The third-order valence-corrected chi connectivity index (χ3v) is 5.03. The van der Waals surface area contributed by atoms with Crippen LogP contribution >= 0.6 is 31.9 Å². The van der Waals surface area contributed by atoms with Crippen LogP contribution in [0.15, 0.2) is 39.4 Å². The Balaban J connectivity index is 2.05. The lowest BCUT2D eigenvalue weighted by Gasteiger charge is -2.08. The van der Waals surface area contributed by atoms with Crippen LogP contribution < -0.4 is 0 Å². The van der Waals surface area contributed by atoms with Gasteiger partial charge in [-0.05, 0) is 54.0 Å². The Morgan fingerprint density at radius 1 is 1.20 bits per heavy atom. The molecule has 0 aliphatic carbocycles. The SMILES string of the molecule is CCn1nc(C)c(Br)c1Cn1ccc2cc(Br)ccc21. The first-order valence-electron chi connectivity index (χ1n) is 6.56. The van der Waals surface area contributed by atoms with E-state index in [1.165, 1.54) is 16.6 Å². The molecule has 0 N–H and O–H groups in total. The van der Waals surface area contributed by atoms with E-state index >= 15 is 0 Å². The zero-order valence-electron chi connectivity index (χ0n) is 11.4. The highest BCUT2D eigenvalue weighted by atomic mass is 79.9. The van der Waals surface area contributed by atoms with Gasteiger partial charge in [-0.25, -0.2) is 0 Å². The lowest BCUT2D eigenvalue weighted by molar-refractivity contribution is 0.601. The van der Waals surface area contributed by atoms with Gasteiger partial charge in [0.05, 0.1) is 22.4 Å². The largest absolute Gasteiger partial charge is 0.341 e. The van der Waals surface area contributed by atoms with Crippen LogP contribution in [0.3, 0.4) is 0 Å². The van der Waals surface area contributed by atoms with Crippen LogP contribution in [0.4, 0.5) is 0 Å². The maximum Gasteiger partial charge on any atom is 0.0739 e. The van der Waals surface area contributed by atoms with Gasteiger partial charge in [0.2, 0.25) is 0 Å². The van der Waals surface area contributed by atoms with Crippen molar-refractivity contribution in [2.75, 3.05) is 0 Å². The van der Waals surface area contributed by atoms with E-state index in [2.05, 4.69) is 83.6 Å². The fourth-order valence-corrected chi connectivity index (χ4v) is 3.28. The molecule has 0 aliphatic heterocycles. The highest BCUT2D eigenvalue weighted by molar-refractivity contribution is 9.10. The average molecular weight is 397 g/mol. The minimum Gasteiger partial charge on any atom is -0.341 e. The molecular weight excluding hydrogens is 382 g/mol. The fourth-order valence-electron chi connectivity index (χ4n) is 2.49. The summed E-state index contributed by atoms with van der Waals surface area (Å²) in [5.74, 6) is 0. The monoisotopic (exact) mass is 395 g/mol. The van der Waals surface area contributed by atoms with Crippen molar-refractivity contribution in [1.82, 2.24) is 14.3 Å². The second kappa shape index (κ2) is 5.37. The van der Waals surface area contributed by atoms with Gasteiger partial charge in [-0.15, -0.1) is 0 Å². The number of hydrogen-bond acceptors (Lipinski definition) is 1. The Morgan fingerprint density at radius 3 is 2.75 bits per heavy atom. The van der Waals surface area contributed by atoms with Crippen molar-refractivity contribution in [3.63, 3.8) is 0 Å². The van der Waals surface area contributed by atoms with E-state index in [0.717, 1.165) is 27.7 Å². The third kappa shape index (κ3) is 2.33. The number of aromatic nitrogens is 3. The second-order valence-electron chi connectivity index (χ2n) is 4.81. The smallest absolute Gasteiger partial charge is 0.0739 e. The number of halogens is 2. The number of rotatable bonds is 3. The predicted molar refractivity (Wildman–Crippen MR) is 89.1 cm³/mol. The van der Waals surface area contributed by atoms with Crippen molar-refractivity contribution in [1.29, 1.82) is 0 Å². The lowest BCUT2D eigenvalue weighted by atomic mass is 10.2. The van der Waals surface area contributed by atoms with Crippen molar-refractivity contribution in [3.8, 4) is 0 Å². The summed E-state index contributed by atoms with van der Waals surface area (Å²) in [4.78, 5) is 0. The molecule has 0 bridgehead atoms. The molecule has 2 aromatic heterocycles. The molecule has 0 amide bonds. The van der Waals surface area contributed by atoms with Crippen LogP contribution in [-0.2, 0) is 13.1 Å². The average Bonchev–Trinajstić information content (AvgIpc) is 2.94. The van der Waals surface area contributed by atoms with Crippen LogP contribution in [-0.4, -0.2) is 14.3 Å². The Labute approximate surface area is 134 Å². The van der Waals surface area contributed by atoms with Crippen molar-refractivity contribution >= 4 is 42.8 Å². The maximum absolute atomic E-state index is 4.55. The molecule has 0 fully saturated rings. The summed E-state index contributed by atoms with van der Waals surface area (Å²) in [7, 11) is 0. The highest BCUT2D eigenvalue weighted by Gasteiger charge is 2.13. The van der Waals surface area contributed by atoms with Crippen LogP contribution in [0.5, 0.6) is 0 Å². The Bertz CT molecular complexity index is 771. The summed E-state index contributed by atoms with van der Waals surface area (Å²) < 4.78 is 6.54. The van der Waals surface area contributed by atoms with E-state index in [1.807, 2.05) is 6.92 Å². The molecule has 3 rings (SSSR count). The van der Waals surface area contributed by atoms with Crippen LogP contribution in [0.25, 0.3) is 10.9 Å². The lowest BCUT2D eigenvalue weighted by Crippen LogP contribution is -2.07. The topological polar surface area (TPSA) is 22.8 Å². The molecule has 5 heteroatoms. The van der Waals surface area contributed by atoms with Gasteiger partial charge in [0.1, 0.15) is 0 Å². The first-order valence-corrected chi connectivity index (χ1v) is 8.15. The minimum atomic E-state index is 0.820. The Kier molecular flexibility index (Phi) is 3.73. The number of benzene rings is 1. The van der Waals surface area contributed by atoms with Gasteiger partial charge < -0.3 is 4.57 Å². The number of nitrogens with zero attached hydrogens (tertiary/aromatic N) is 3. The summed E-state index contributed by atoms with van der Waals surface area (Å²) in [5, 5.41) is 5.80. The van der Waals surface area contributed by atoms with Gasteiger partial charge in [-0.1, -0.05) is 15.9 Å². The first-order chi connectivity index (χ1) is 9.60. The Hall–Kier alpha value is -1.07. The standard InChI is InChI=1S/C15H15Br2N3/c1-3-20-14(15(17)10(2)18-20)9-19-7-6-11-8-12(16)4-5-13(11)19/h4-8H,3,9H2,1-2H3. The molecule has 0 unspecified atom stereocenters. The summed E-state index contributed by atoms with van der Waals surface area (Å²) in [6.45, 7) is 5.85. The summed E-state index contributed by atoms with van der Waals surface area (Å²) in [5.41, 5.74) is 3.49. The fraction of sp³-hybridized carbons (Fsp3) is 0.267. The molecule has 3 aromatic rings. The van der Waals surface area contributed by atoms with E-state index in [1.54, 1.807) is 0 Å². The predicted octanol–water partition coefficient (Wildman–Crippen LogP) is 4.74. The summed E-state index contributed by atoms with van der Waals surface area (Å²) in [6, 6.07) is 8.51. The van der Waals surface area contributed by atoms with Gasteiger partial charge in [-0.3, -0.25) is 4.68 Å². The summed E-state index contributed by atoms with van der Waals surface area (Å²) in [6.07, 6.45) is 2.13. The molecule has 0 aliphatic rings. The van der Waals surface area contributed by atoms with Crippen molar-refractivity contribution in [3.05, 3.63) is 50.8 Å². The molecule has 0 atom stereocenters. The van der Waals surface area contributed by atoms with Gasteiger partial charge in [-0.2, -0.15) is 5.10 Å². The molecule has 0 radical (unpaired) electrons. The summed E-state index contributed by atoms with van der Waals surface area (Å²) >= 11 is 7.17. The zero-order valence-corrected chi connectivity index (χ0v) is 14.6. The molecule has 0 spiro atoms. The van der Waals surface area contributed by atoms with Crippen molar-refractivity contribution in [2.24, 2.45) is 0 Å². The van der Waals surface area contributed by atoms with Crippen LogP contribution in [0, 0.1) is 6.92 Å². The second-order valence-corrected chi connectivity index (χ2v) is 6.52. The van der Waals surface area contributed by atoms with Crippen LogP contribution in [0.2, 0.25) is 0 Å². The molecule has 20 heavy (non-hydrogen) atoms. The van der Waals surface area contributed by atoms with Gasteiger partial charge in [0.15, 0.2) is 0 Å². The van der Waals surface area contributed by atoms with Gasteiger partial charge in [0, 0.05) is 28.1 Å². The third-order valence-electron chi connectivity index (χ3n) is 3.51. The number of fused-ring (bicyclic) bond motifs is 1. The zero-order chi connectivity index (χ0) is 14.3. The van der Waals surface area contributed by atoms with E-state index in [-0.39, 0.29) is 0 Å². The number of aryl methyl sites for hydroxylation is 2. The van der Waals surface area contributed by atoms with E-state index in [9.17, 15) is 0 Å². The van der Waals surface area contributed by atoms with E-state index in [4.69, 9.17) is 0 Å². The molecule has 0 saturated carbocycles. The molecule has 3 nitrogen and oxygen atoms in total. The molecule has 104 valence electrons. The van der Waals surface area contributed by atoms with Crippen molar-refractivity contribution < 1.29 is 0 Å².